The molecule has 1 heterocycles. The average Bonchev–Trinajstić information content (AvgIpc) is 2.40. The number of amides is 1. The SMILES string of the molecule is Cc1ccc(C(=O)O)cc1NC(=O)c1ccc(Cl)nc1Cl. The molecular weight excluding hydrogens is 315 g/mol. The lowest BCUT2D eigenvalue weighted by molar-refractivity contribution is 0.0696. The van der Waals surface area contributed by atoms with Crippen LogP contribution in [0.4, 0.5) is 5.69 Å². The highest BCUT2D eigenvalue weighted by molar-refractivity contribution is 6.35. The second kappa shape index (κ2) is 6.11. The fourth-order valence-electron chi connectivity index (χ4n) is 1.66. The Morgan fingerprint density at radius 2 is 1.90 bits per heavy atom. The number of aryl methyl sites for hydroxylation is 1. The topological polar surface area (TPSA) is 79.3 Å². The van der Waals surface area contributed by atoms with Gasteiger partial charge in [-0.05, 0) is 36.8 Å². The van der Waals surface area contributed by atoms with E-state index in [4.69, 9.17) is 28.3 Å². The number of aromatic nitrogens is 1. The molecule has 2 N–H and O–H groups in total. The smallest absolute Gasteiger partial charge is 0.335 e. The summed E-state index contributed by atoms with van der Waals surface area (Å²) in [5.74, 6) is -1.56. The van der Waals surface area contributed by atoms with Gasteiger partial charge in [0.05, 0.1) is 11.1 Å². The lowest BCUT2D eigenvalue weighted by Gasteiger charge is -2.10. The largest absolute Gasteiger partial charge is 0.478 e. The average molecular weight is 325 g/mol. The predicted octanol–water partition coefficient (Wildman–Crippen LogP) is 3.65. The monoisotopic (exact) mass is 324 g/mol. The van der Waals surface area contributed by atoms with Crippen molar-refractivity contribution in [2.75, 3.05) is 5.32 Å². The van der Waals surface area contributed by atoms with Gasteiger partial charge in [-0.3, -0.25) is 4.79 Å². The first-order valence-electron chi connectivity index (χ1n) is 5.86. The van der Waals surface area contributed by atoms with Crippen LogP contribution in [0.15, 0.2) is 30.3 Å². The number of hydrogen-bond acceptors (Lipinski definition) is 3. The molecule has 0 bridgehead atoms. The van der Waals surface area contributed by atoms with E-state index < -0.39 is 11.9 Å². The van der Waals surface area contributed by atoms with E-state index in [1.165, 1.54) is 24.3 Å². The van der Waals surface area contributed by atoms with Gasteiger partial charge in [-0.15, -0.1) is 0 Å². The number of pyridine rings is 1. The third kappa shape index (κ3) is 3.51. The number of benzene rings is 1. The molecule has 0 radical (unpaired) electrons. The van der Waals surface area contributed by atoms with E-state index in [0.717, 1.165) is 5.56 Å². The van der Waals surface area contributed by atoms with E-state index in [-0.39, 0.29) is 21.4 Å². The van der Waals surface area contributed by atoms with Gasteiger partial charge in [-0.2, -0.15) is 0 Å². The van der Waals surface area contributed by atoms with Gasteiger partial charge in [0, 0.05) is 5.69 Å². The van der Waals surface area contributed by atoms with Gasteiger partial charge in [0.15, 0.2) is 0 Å². The van der Waals surface area contributed by atoms with Crippen LogP contribution < -0.4 is 5.32 Å². The molecule has 0 unspecified atom stereocenters. The zero-order valence-electron chi connectivity index (χ0n) is 10.9. The maximum Gasteiger partial charge on any atom is 0.335 e. The van der Waals surface area contributed by atoms with E-state index >= 15 is 0 Å². The highest BCUT2D eigenvalue weighted by Crippen LogP contribution is 2.21. The Bertz CT molecular complexity index is 732. The molecule has 5 nitrogen and oxygen atoms in total. The predicted molar refractivity (Wildman–Crippen MR) is 80.3 cm³/mol. The number of carboxylic acid groups (broad SMARTS) is 1. The van der Waals surface area contributed by atoms with Crippen molar-refractivity contribution in [2.24, 2.45) is 0 Å². The first-order chi connectivity index (χ1) is 9.88. The van der Waals surface area contributed by atoms with E-state index in [2.05, 4.69) is 10.3 Å². The lowest BCUT2D eigenvalue weighted by atomic mass is 10.1. The highest BCUT2D eigenvalue weighted by atomic mass is 35.5. The molecular formula is C14H10Cl2N2O3. The first-order valence-corrected chi connectivity index (χ1v) is 6.61. The highest BCUT2D eigenvalue weighted by Gasteiger charge is 2.14. The molecule has 1 aromatic heterocycles. The van der Waals surface area contributed by atoms with Crippen molar-refractivity contribution in [2.45, 2.75) is 6.92 Å². The van der Waals surface area contributed by atoms with Crippen LogP contribution in [0.2, 0.25) is 10.3 Å². The second-order valence-corrected chi connectivity index (χ2v) is 5.01. The molecule has 0 atom stereocenters. The minimum atomic E-state index is -1.07. The van der Waals surface area contributed by atoms with Gasteiger partial charge in [0.2, 0.25) is 0 Å². The molecule has 7 heteroatoms. The number of aromatic carboxylic acids is 1. The van der Waals surface area contributed by atoms with Crippen LogP contribution in [0.3, 0.4) is 0 Å². The van der Waals surface area contributed by atoms with Crippen LogP contribution in [-0.2, 0) is 0 Å². The van der Waals surface area contributed by atoms with Crippen LogP contribution in [0.1, 0.15) is 26.3 Å². The number of nitrogens with zero attached hydrogens (tertiary/aromatic N) is 1. The second-order valence-electron chi connectivity index (χ2n) is 4.26. The summed E-state index contributed by atoms with van der Waals surface area (Å²) in [4.78, 5) is 26.9. The van der Waals surface area contributed by atoms with E-state index in [9.17, 15) is 9.59 Å². The molecule has 2 rings (SSSR count). The van der Waals surface area contributed by atoms with Crippen LogP contribution in [0.25, 0.3) is 0 Å². The third-order valence-electron chi connectivity index (χ3n) is 2.79. The maximum atomic E-state index is 12.2. The Morgan fingerprint density at radius 1 is 1.19 bits per heavy atom. The van der Waals surface area contributed by atoms with Crippen molar-refractivity contribution in [3.8, 4) is 0 Å². The van der Waals surface area contributed by atoms with Gasteiger partial charge in [0.25, 0.3) is 5.91 Å². The lowest BCUT2D eigenvalue weighted by Crippen LogP contribution is -2.14. The minimum absolute atomic E-state index is 0.0213. The molecule has 0 aliphatic heterocycles. The zero-order valence-corrected chi connectivity index (χ0v) is 12.4. The number of rotatable bonds is 3. The first kappa shape index (κ1) is 15.3. The Morgan fingerprint density at radius 3 is 2.52 bits per heavy atom. The van der Waals surface area contributed by atoms with E-state index in [1.54, 1.807) is 13.0 Å². The fourth-order valence-corrected chi connectivity index (χ4v) is 2.09. The molecule has 0 aliphatic carbocycles. The molecule has 1 amide bonds. The fraction of sp³-hybridized carbons (Fsp3) is 0.0714. The Balaban J connectivity index is 2.31. The normalized spacial score (nSPS) is 10.2. The molecule has 21 heavy (non-hydrogen) atoms. The molecule has 0 saturated carbocycles. The molecule has 0 aliphatic rings. The molecule has 0 spiro atoms. The van der Waals surface area contributed by atoms with Gasteiger partial charge >= 0.3 is 5.97 Å². The summed E-state index contributed by atoms with van der Waals surface area (Å²) in [5.41, 5.74) is 1.36. The van der Waals surface area contributed by atoms with E-state index in [1.807, 2.05) is 0 Å². The van der Waals surface area contributed by atoms with Crippen LogP contribution in [0.5, 0.6) is 0 Å². The van der Waals surface area contributed by atoms with Crippen molar-refractivity contribution in [3.05, 3.63) is 57.3 Å². The molecule has 2 aromatic rings. The number of anilines is 1. The van der Waals surface area contributed by atoms with Gasteiger partial charge in [0.1, 0.15) is 10.3 Å². The summed E-state index contributed by atoms with van der Waals surface area (Å²) in [7, 11) is 0. The summed E-state index contributed by atoms with van der Waals surface area (Å²) >= 11 is 11.5. The van der Waals surface area contributed by atoms with Crippen molar-refractivity contribution < 1.29 is 14.7 Å². The summed E-state index contributed by atoms with van der Waals surface area (Å²) < 4.78 is 0. The van der Waals surface area contributed by atoms with Crippen molar-refractivity contribution >= 4 is 40.8 Å². The molecule has 0 saturated heterocycles. The minimum Gasteiger partial charge on any atom is -0.478 e. The van der Waals surface area contributed by atoms with E-state index in [0.29, 0.717) is 5.69 Å². The maximum absolute atomic E-state index is 12.2. The zero-order chi connectivity index (χ0) is 15.6. The summed E-state index contributed by atoms with van der Waals surface area (Å²) in [6, 6.07) is 7.35. The number of hydrogen-bond donors (Lipinski definition) is 2. The molecule has 108 valence electrons. The Labute approximate surface area is 130 Å². The number of nitrogens with one attached hydrogen (secondary N) is 1. The summed E-state index contributed by atoms with van der Waals surface area (Å²) in [5, 5.41) is 11.7. The third-order valence-corrected chi connectivity index (χ3v) is 3.29. The Kier molecular flexibility index (Phi) is 4.45. The van der Waals surface area contributed by atoms with Crippen LogP contribution >= 0.6 is 23.2 Å². The van der Waals surface area contributed by atoms with Gasteiger partial charge in [-0.25, -0.2) is 9.78 Å². The summed E-state index contributed by atoms with van der Waals surface area (Å²) in [6.45, 7) is 1.75. The van der Waals surface area contributed by atoms with Gasteiger partial charge in [-0.1, -0.05) is 29.3 Å². The standard InChI is InChI=1S/C14H10Cl2N2O3/c1-7-2-3-8(14(20)21)6-10(7)17-13(19)9-4-5-11(15)18-12(9)16/h2-6H,1H3,(H,17,19)(H,20,21). The van der Waals surface area contributed by atoms with Gasteiger partial charge < -0.3 is 10.4 Å². The van der Waals surface area contributed by atoms with Crippen molar-refractivity contribution in [1.29, 1.82) is 0 Å². The van der Waals surface area contributed by atoms with Crippen molar-refractivity contribution in [1.82, 2.24) is 4.98 Å². The van der Waals surface area contributed by atoms with Crippen LogP contribution in [-0.4, -0.2) is 22.0 Å². The quantitative estimate of drug-likeness (QED) is 0.844. The number of carboxylic acids is 1. The summed E-state index contributed by atoms with van der Waals surface area (Å²) in [6.07, 6.45) is 0. The molecule has 0 fully saturated rings. The molecule has 1 aromatic carbocycles. The van der Waals surface area contributed by atoms with Crippen LogP contribution in [0, 0.1) is 6.92 Å². The van der Waals surface area contributed by atoms with Crippen molar-refractivity contribution in [3.63, 3.8) is 0 Å². The number of carbonyl (C=O) groups is 2. The number of halogens is 2. The number of carbonyl (C=O) groups excluding carboxylic acids is 1. The Hall–Kier alpha value is -2.11.